The Morgan fingerprint density at radius 2 is 0.929 bits per heavy atom. The number of hydrogen-bond donors (Lipinski definition) is 2. The van der Waals surface area contributed by atoms with Gasteiger partial charge in [0.05, 0.1) is 19.3 Å². The van der Waals surface area contributed by atoms with E-state index >= 15 is 0 Å². The molecule has 0 aliphatic carbocycles. The number of amides is 1. The van der Waals surface area contributed by atoms with Crippen molar-refractivity contribution < 1.29 is 19.7 Å². The average Bonchev–Trinajstić information content (AvgIpc) is 2.99. The number of carbonyl (C=O) groups is 1. The van der Waals surface area contributed by atoms with Crippen LogP contribution in [0.25, 0.3) is 0 Å². The van der Waals surface area contributed by atoms with E-state index in [0.717, 1.165) is 19.3 Å². The Morgan fingerprint density at radius 3 is 1.31 bits per heavy atom. The molecule has 0 aromatic heterocycles. The molecule has 252 valence electrons. The summed E-state index contributed by atoms with van der Waals surface area (Å²) >= 11 is 0. The summed E-state index contributed by atoms with van der Waals surface area (Å²) in [6.07, 6.45) is 35.4. The van der Waals surface area contributed by atoms with E-state index in [1.54, 1.807) is 4.90 Å². The maximum absolute atomic E-state index is 12.7. The number of carbonyl (C=O) groups excluding carboxylic acids is 1. The van der Waals surface area contributed by atoms with Crippen molar-refractivity contribution in [2.45, 2.75) is 200 Å². The van der Waals surface area contributed by atoms with Crippen LogP contribution in [-0.4, -0.2) is 60.0 Å². The van der Waals surface area contributed by atoms with E-state index in [9.17, 15) is 15.0 Å². The van der Waals surface area contributed by atoms with Gasteiger partial charge in [-0.1, -0.05) is 174 Å². The molecule has 0 aliphatic rings. The zero-order chi connectivity index (χ0) is 30.8. The van der Waals surface area contributed by atoms with Crippen LogP contribution in [0.5, 0.6) is 0 Å². The van der Waals surface area contributed by atoms with Gasteiger partial charge in [0.1, 0.15) is 0 Å². The molecule has 0 bridgehead atoms. The molecule has 0 rings (SSSR count). The van der Waals surface area contributed by atoms with Crippen molar-refractivity contribution in [2.24, 2.45) is 0 Å². The van der Waals surface area contributed by atoms with Crippen molar-refractivity contribution in [1.29, 1.82) is 0 Å². The van der Waals surface area contributed by atoms with Gasteiger partial charge in [0.15, 0.2) is 0 Å². The Kier molecular flexibility index (Phi) is 34.3. The molecule has 1 unspecified atom stereocenters. The molecule has 0 aromatic rings. The van der Waals surface area contributed by atoms with Crippen LogP contribution in [-0.2, 0) is 9.53 Å². The monoisotopic (exact) mass is 598 g/mol. The minimum absolute atomic E-state index is 0.0400. The fourth-order valence-electron chi connectivity index (χ4n) is 5.82. The van der Waals surface area contributed by atoms with Crippen LogP contribution in [0.2, 0.25) is 0 Å². The summed E-state index contributed by atoms with van der Waals surface area (Å²) in [7, 11) is 0. The van der Waals surface area contributed by atoms with Crippen molar-refractivity contribution >= 4 is 5.91 Å². The van der Waals surface area contributed by atoms with Crippen molar-refractivity contribution in [3.63, 3.8) is 0 Å². The highest BCUT2D eigenvalue weighted by Gasteiger charge is 2.17. The van der Waals surface area contributed by atoms with Crippen LogP contribution in [0.1, 0.15) is 194 Å². The molecule has 0 radical (unpaired) electrons. The Morgan fingerprint density at radius 1 is 0.571 bits per heavy atom. The fourth-order valence-corrected chi connectivity index (χ4v) is 5.82. The lowest BCUT2D eigenvalue weighted by molar-refractivity contribution is -0.134. The quantitative estimate of drug-likeness (QED) is 0.0713. The van der Waals surface area contributed by atoms with Crippen LogP contribution in [0, 0.1) is 0 Å². The van der Waals surface area contributed by atoms with Gasteiger partial charge in [-0.25, -0.2) is 0 Å². The first-order valence-corrected chi connectivity index (χ1v) is 18.8. The Bertz CT molecular complexity index is 530. The SMILES string of the molecule is CCCCCCCCCCCCCCCCCCCCCC(=O)N(CCO)CC(O)COCCCCCCCCCC. The van der Waals surface area contributed by atoms with E-state index in [-0.39, 0.29) is 32.2 Å². The van der Waals surface area contributed by atoms with E-state index in [2.05, 4.69) is 13.8 Å². The van der Waals surface area contributed by atoms with Gasteiger partial charge in [0, 0.05) is 26.1 Å². The number of rotatable bonds is 35. The topological polar surface area (TPSA) is 70.0 Å². The maximum atomic E-state index is 12.7. The first kappa shape index (κ1) is 41.4. The summed E-state index contributed by atoms with van der Waals surface area (Å²) in [6.45, 7) is 5.91. The smallest absolute Gasteiger partial charge is 0.222 e. The second-order valence-corrected chi connectivity index (χ2v) is 12.9. The van der Waals surface area contributed by atoms with Gasteiger partial charge < -0.3 is 19.8 Å². The third kappa shape index (κ3) is 30.8. The van der Waals surface area contributed by atoms with Gasteiger partial charge in [-0.3, -0.25) is 4.79 Å². The van der Waals surface area contributed by atoms with E-state index in [4.69, 9.17) is 4.74 Å². The number of hydrogen-bond acceptors (Lipinski definition) is 4. The Balaban J connectivity index is 3.58. The third-order valence-electron chi connectivity index (χ3n) is 8.60. The van der Waals surface area contributed by atoms with Gasteiger partial charge in [-0.05, 0) is 12.8 Å². The molecule has 0 aromatic carbocycles. The van der Waals surface area contributed by atoms with Crippen LogP contribution >= 0.6 is 0 Å². The molecule has 5 heteroatoms. The second-order valence-electron chi connectivity index (χ2n) is 12.9. The normalized spacial score (nSPS) is 12.2. The van der Waals surface area contributed by atoms with Crippen molar-refractivity contribution in [3.8, 4) is 0 Å². The van der Waals surface area contributed by atoms with Crippen LogP contribution in [0.4, 0.5) is 0 Å². The molecule has 1 amide bonds. The highest BCUT2D eigenvalue weighted by atomic mass is 16.5. The van der Waals surface area contributed by atoms with Crippen LogP contribution in [0.15, 0.2) is 0 Å². The summed E-state index contributed by atoms with van der Waals surface area (Å²) < 4.78 is 5.65. The number of aliphatic hydroxyl groups excluding tert-OH is 2. The highest BCUT2D eigenvalue weighted by Crippen LogP contribution is 2.15. The summed E-state index contributed by atoms with van der Waals surface area (Å²) in [5, 5.41) is 19.7. The largest absolute Gasteiger partial charge is 0.395 e. The molecular weight excluding hydrogens is 522 g/mol. The average molecular weight is 598 g/mol. The summed E-state index contributed by atoms with van der Waals surface area (Å²) in [6, 6.07) is 0. The summed E-state index contributed by atoms with van der Waals surface area (Å²) in [4.78, 5) is 14.3. The van der Waals surface area contributed by atoms with Crippen molar-refractivity contribution in [1.82, 2.24) is 4.90 Å². The zero-order valence-electron chi connectivity index (χ0n) is 28.6. The molecule has 42 heavy (non-hydrogen) atoms. The molecule has 0 saturated heterocycles. The molecule has 1 atom stereocenters. The van der Waals surface area contributed by atoms with Crippen LogP contribution in [0.3, 0.4) is 0 Å². The molecule has 2 N–H and O–H groups in total. The van der Waals surface area contributed by atoms with E-state index in [0.29, 0.717) is 13.0 Å². The standard InChI is InChI=1S/C37H75NO4/c1-3-5-7-9-11-13-14-15-16-17-18-19-20-21-22-23-24-26-28-30-37(41)38(31-32-39)34-36(40)35-42-33-29-27-25-12-10-8-6-4-2/h36,39-40H,3-35H2,1-2H3. The first-order chi connectivity index (χ1) is 20.7. The molecule has 0 aliphatic heterocycles. The Labute approximate surface area is 263 Å². The van der Waals surface area contributed by atoms with Gasteiger partial charge in [-0.2, -0.15) is 0 Å². The van der Waals surface area contributed by atoms with Gasteiger partial charge in [0.2, 0.25) is 5.91 Å². The molecule has 0 fully saturated rings. The number of unbranched alkanes of at least 4 members (excludes halogenated alkanes) is 25. The molecule has 0 spiro atoms. The lowest BCUT2D eigenvalue weighted by Crippen LogP contribution is -2.40. The van der Waals surface area contributed by atoms with Crippen molar-refractivity contribution in [2.75, 3.05) is 32.9 Å². The van der Waals surface area contributed by atoms with Crippen LogP contribution < -0.4 is 0 Å². The lowest BCUT2D eigenvalue weighted by Gasteiger charge is -2.24. The zero-order valence-corrected chi connectivity index (χ0v) is 28.6. The Hall–Kier alpha value is -0.650. The predicted octanol–water partition coefficient (Wildman–Crippen LogP) is 10.1. The third-order valence-corrected chi connectivity index (χ3v) is 8.60. The first-order valence-electron chi connectivity index (χ1n) is 18.8. The molecular formula is C37H75NO4. The maximum Gasteiger partial charge on any atom is 0.222 e. The van der Waals surface area contributed by atoms with E-state index in [1.807, 2.05) is 0 Å². The molecule has 0 saturated carbocycles. The number of aliphatic hydroxyl groups is 2. The van der Waals surface area contributed by atoms with Gasteiger partial charge in [-0.15, -0.1) is 0 Å². The predicted molar refractivity (Wildman–Crippen MR) is 181 cm³/mol. The minimum Gasteiger partial charge on any atom is -0.395 e. The van der Waals surface area contributed by atoms with Gasteiger partial charge >= 0.3 is 0 Å². The molecule has 0 heterocycles. The lowest BCUT2D eigenvalue weighted by atomic mass is 10.0. The number of nitrogens with zero attached hydrogens (tertiary/aromatic N) is 1. The fraction of sp³-hybridized carbons (Fsp3) is 0.973. The molecule has 5 nitrogen and oxygen atoms in total. The summed E-state index contributed by atoms with van der Waals surface area (Å²) in [5.74, 6) is 0.0400. The van der Waals surface area contributed by atoms with Crippen molar-refractivity contribution in [3.05, 3.63) is 0 Å². The summed E-state index contributed by atoms with van der Waals surface area (Å²) in [5.41, 5.74) is 0. The van der Waals surface area contributed by atoms with Gasteiger partial charge in [0.25, 0.3) is 0 Å². The van der Waals surface area contributed by atoms with E-state index in [1.165, 1.54) is 154 Å². The highest BCUT2D eigenvalue weighted by molar-refractivity contribution is 5.76. The van der Waals surface area contributed by atoms with E-state index < -0.39 is 6.10 Å². The second kappa shape index (κ2) is 34.8. The number of ether oxygens (including phenoxy) is 1. The minimum atomic E-state index is -0.695.